The lowest BCUT2D eigenvalue weighted by molar-refractivity contribution is 0.0501. The van der Waals surface area contributed by atoms with Gasteiger partial charge in [0, 0.05) is 58.1 Å². The summed E-state index contributed by atoms with van der Waals surface area (Å²) in [5, 5.41) is 22.3. The molecular formula is C62H62N2O12S2. The fourth-order valence-corrected chi connectivity index (χ4v) is 11.1. The second-order valence-electron chi connectivity index (χ2n) is 21.6. The molecular weight excluding hydrogens is 1030 g/mol. The monoisotopic (exact) mass is 1090 g/mol. The molecule has 2 N–H and O–H groups in total. The molecule has 4 atom stereocenters. The van der Waals surface area contributed by atoms with Crippen LogP contribution in [0.1, 0.15) is 97.0 Å². The molecule has 0 bridgehead atoms. The van der Waals surface area contributed by atoms with E-state index in [1.165, 1.54) is 0 Å². The van der Waals surface area contributed by atoms with Crippen molar-refractivity contribution in [1.29, 1.82) is 0 Å². The van der Waals surface area contributed by atoms with E-state index in [0.717, 1.165) is 22.5 Å². The Morgan fingerprint density at radius 3 is 1.23 bits per heavy atom. The molecule has 78 heavy (non-hydrogen) atoms. The minimum Gasteiger partial charge on any atom is -0.493 e. The molecule has 10 rings (SSSR count). The molecule has 0 unspecified atom stereocenters. The summed E-state index contributed by atoms with van der Waals surface area (Å²) >= 11 is 0. The first-order valence-electron chi connectivity index (χ1n) is 25.7. The van der Waals surface area contributed by atoms with Crippen molar-refractivity contribution < 1.29 is 54.9 Å². The molecule has 4 heterocycles. The first kappa shape index (κ1) is 55.3. The summed E-state index contributed by atoms with van der Waals surface area (Å²) in [5.74, 6) is -0.342. The molecule has 0 saturated carbocycles. The molecule has 8 aromatic rings. The van der Waals surface area contributed by atoms with E-state index in [4.69, 9.17) is 18.3 Å². The van der Waals surface area contributed by atoms with Crippen molar-refractivity contribution in [2.24, 2.45) is 11.8 Å². The van der Waals surface area contributed by atoms with E-state index < -0.39 is 64.4 Å². The maximum Gasteiger partial charge on any atom is 0.226 e. The van der Waals surface area contributed by atoms with Gasteiger partial charge >= 0.3 is 0 Å². The molecule has 6 aromatic carbocycles. The predicted molar refractivity (Wildman–Crippen MR) is 299 cm³/mol. The quantitative estimate of drug-likeness (QED) is 0.0970. The lowest BCUT2D eigenvalue weighted by Gasteiger charge is -2.30. The number of ketones is 2. The normalized spacial score (nSPS) is 17.3. The summed E-state index contributed by atoms with van der Waals surface area (Å²) < 4.78 is 72.0. The fraction of sp³-hybridized carbons (Fsp3) is 0.290. The van der Waals surface area contributed by atoms with Gasteiger partial charge in [0.25, 0.3) is 0 Å². The number of Topliss-reactive ketones (excluding diaryl/α,β-unsaturated/α-hetero) is 2. The molecule has 0 spiro atoms. The Hall–Kier alpha value is -7.50. The third kappa shape index (κ3) is 12.1. The van der Waals surface area contributed by atoms with Crippen LogP contribution in [0.15, 0.2) is 167 Å². The van der Waals surface area contributed by atoms with Crippen LogP contribution in [0.4, 0.5) is 0 Å². The highest BCUT2D eigenvalue weighted by Crippen LogP contribution is 2.42. The molecule has 404 valence electrons. The number of rotatable bonds is 14. The zero-order valence-electron chi connectivity index (χ0n) is 44.3. The fourth-order valence-electron chi connectivity index (χ4n) is 9.22. The van der Waals surface area contributed by atoms with E-state index in [2.05, 4.69) is 9.97 Å². The predicted octanol–water partition coefficient (Wildman–Crippen LogP) is 11.4. The Bertz CT molecular complexity index is 3450. The SMILES string of the molecule is CC(C)(C)S(=O)(=O)CC(=O)c1ccccc1-c1ccc2c(c1)OC[C@@H](Cc1coc(-c3ccccc3)n1)[C@@H]2O.CC(C)(C)S(=O)(=O)CC(=O)c1ccccc1-c1ccc2c(c1)OC[C@H](Cc1coc(-c3ccccc3)n1)[C@H]2O. The van der Waals surface area contributed by atoms with Gasteiger partial charge in [0.15, 0.2) is 31.2 Å². The minimum absolute atomic E-state index is 0.214. The van der Waals surface area contributed by atoms with E-state index in [9.17, 15) is 36.6 Å². The van der Waals surface area contributed by atoms with Gasteiger partial charge in [-0.05, 0) is 100 Å². The summed E-state index contributed by atoms with van der Waals surface area (Å²) in [5.41, 5.74) is 7.87. The van der Waals surface area contributed by atoms with Gasteiger partial charge in [0.1, 0.15) is 35.5 Å². The van der Waals surface area contributed by atoms with Gasteiger partial charge < -0.3 is 28.5 Å². The molecule has 0 aliphatic carbocycles. The highest BCUT2D eigenvalue weighted by atomic mass is 32.2. The van der Waals surface area contributed by atoms with Gasteiger partial charge in [-0.2, -0.15) is 0 Å². The Balaban J connectivity index is 0.000000190. The summed E-state index contributed by atoms with van der Waals surface area (Å²) in [6, 6.07) is 44.0. The third-order valence-corrected chi connectivity index (χ3v) is 19.2. The topological polar surface area (TPSA) is 213 Å². The number of aromatic nitrogens is 2. The Morgan fingerprint density at radius 2 is 0.859 bits per heavy atom. The van der Waals surface area contributed by atoms with Gasteiger partial charge in [0.2, 0.25) is 11.8 Å². The van der Waals surface area contributed by atoms with Crippen LogP contribution in [-0.2, 0) is 32.5 Å². The number of aliphatic hydroxyl groups is 2. The van der Waals surface area contributed by atoms with Gasteiger partial charge in [-0.15, -0.1) is 0 Å². The molecule has 0 fully saturated rings. The average Bonchev–Trinajstić information content (AvgIpc) is 4.11. The number of nitrogens with zero attached hydrogens (tertiary/aromatic N) is 2. The lowest BCUT2D eigenvalue weighted by Crippen LogP contribution is -2.33. The van der Waals surface area contributed by atoms with Crippen molar-refractivity contribution in [2.45, 2.75) is 76.1 Å². The maximum absolute atomic E-state index is 13.1. The van der Waals surface area contributed by atoms with Gasteiger partial charge in [-0.1, -0.05) is 109 Å². The molecule has 2 aliphatic heterocycles. The minimum atomic E-state index is -3.63. The Labute approximate surface area is 455 Å². The number of carbonyl (C=O) groups is 2. The highest BCUT2D eigenvalue weighted by Gasteiger charge is 2.36. The van der Waals surface area contributed by atoms with Crippen molar-refractivity contribution in [3.8, 4) is 56.7 Å². The Kier molecular flexibility index (Phi) is 15.9. The van der Waals surface area contributed by atoms with Crippen molar-refractivity contribution in [3.63, 3.8) is 0 Å². The van der Waals surface area contributed by atoms with Crippen molar-refractivity contribution in [3.05, 3.63) is 192 Å². The number of fused-ring (bicyclic) bond motifs is 2. The maximum atomic E-state index is 13.1. The van der Waals surface area contributed by atoms with Gasteiger partial charge in [-0.3, -0.25) is 9.59 Å². The van der Waals surface area contributed by atoms with E-state index in [0.29, 0.717) is 80.6 Å². The van der Waals surface area contributed by atoms with E-state index >= 15 is 0 Å². The summed E-state index contributed by atoms with van der Waals surface area (Å²) in [6.07, 6.45) is 2.65. The lowest BCUT2D eigenvalue weighted by atomic mass is 9.88. The van der Waals surface area contributed by atoms with Crippen molar-refractivity contribution >= 4 is 31.2 Å². The molecule has 2 aliphatic rings. The number of carbonyl (C=O) groups excluding carboxylic acids is 2. The smallest absolute Gasteiger partial charge is 0.226 e. The van der Waals surface area contributed by atoms with E-state index in [-0.39, 0.29) is 25.0 Å². The standard InChI is InChI=1S/2C31H31NO6S/c2*1-31(2,3)39(35,36)19-27(33)25-12-8-7-11-24(25)21-13-14-26-28(16-21)37-17-22(29(26)34)15-23-18-38-30(32-23)20-9-5-4-6-10-20/h2*4-14,16,18,22,29,34H,15,17,19H2,1-3H3/t2*22-,29+/m10/s1. The highest BCUT2D eigenvalue weighted by molar-refractivity contribution is 7.93. The number of aliphatic hydroxyl groups excluding tert-OH is 2. The van der Waals surface area contributed by atoms with Crippen LogP contribution < -0.4 is 9.47 Å². The number of ether oxygens (including phenoxy) is 2. The number of oxazole rings is 2. The summed E-state index contributed by atoms with van der Waals surface area (Å²) in [7, 11) is -7.26. The Morgan fingerprint density at radius 1 is 0.500 bits per heavy atom. The summed E-state index contributed by atoms with van der Waals surface area (Å²) in [4.78, 5) is 35.3. The van der Waals surface area contributed by atoms with Crippen LogP contribution in [-0.4, -0.2) is 82.8 Å². The van der Waals surface area contributed by atoms with Crippen LogP contribution in [0.5, 0.6) is 11.5 Å². The number of hydrogen-bond donors (Lipinski definition) is 2. The van der Waals surface area contributed by atoms with Crippen LogP contribution in [0.2, 0.25) is 0 Å². The van der Waals surface area contributed by atoms with Crippen LogP contribution in [0.3, 0.4) is 0 Å². The third-order valence-electron chi connectivity index (χ3n) is 14.1. The van der Waals surface area contributed by atoms with Crippen LogP contribution >= 0.6 is 0 Å². The first-order valence-corrected chi connectivity index (χ1v) is 29.0. The number of sulfone groups is 2. The number of benzene rings is 6. The second-order valence-corrected chi connectivity index (χ2v) is 27.1. The largest absolute Gasteiger partial charge is 0.493 e. The van der Waals surface area contributed by atoms with Crippen molar-refractivity contribution in [1.82, 2.24) is 9.97 Å². The zero-order valence-corrected chi connectivity index (χ0v) is 45.9. The van der Waals surface area contributed by atoms with Gasteiger partial charge in [-0.25, -0.2) is 26.8 Å². The van der Waals surface area contributed by atoms with Crippen molar-refractivity contribution in [2.75, 3.05) is 24.7 Å². The summed E-state index contributed by atoms with van der Waals surface area (Å²) in [6.45, 7) is 10.1. The second kappa shape index (κ2) is 22.5. The zero-order chi connectivity index (χ0) is 55.6. The first-order chi connectivity index (χ1) is 37.1. The molecule has 14 nitrogen and oxygen atoms in total. The van der Waals surface area contributed by atoms with Crippen LogP contribution in [0, 0.1) is 11.8 Å². The van der Waals surface area contributed by atoms with Gasteiger partial charge in [0.05, 0.1) is 46.3 Å². The van der Waals surface area contributed by atoms with Crippen LogP contribution in [0.25, 0.3) is 45.2 Å². The molecule has 0 amide bonds. The molecule has 2 aromatic heterocycles. The molecule has 0 saturated heterocycles. The molecule has 16 heteroatoms. The number of hydrogen-bond acceptors (Lipinski definition) is 14. The van der Waals surface area contributed by atoms with E-state index in [1.807, 2.05) is 72.8 Å². The molecule has 0 radical (unpaired) electrons. The average molecular weight is 1090 g/mol. The van der Waals surface area contributed by atoms with E-state index in [1.54, 1.807) is 127 Å².